The highest BCUT2D eigenvalue weighted by Gasteiger charge is 2.37. The summed E-state index contributed by atoms with van der Waals surface area (Å²) in [5.41, 5.74) is 1.73. The number of hydrogen-bond donors (Lipinski definition) is 3. The third-order valence-electron chi connectivity index (χ3n) is 4.34. The fourth-order valence-electron chi connectivity index (χ4n) is 2.80. The van der Waals surface area contributed by atoms with E-state index in [1.165, 1.54) is 0 Å². The highest BCUT2D eigenvalue weighted by Crippen LogP contribution is 2.33. The number of hydrogen-bond acceptors (Lipinski definition) is 4. The van der Waals surface area contributed by atoms with Crippen LogP contribution in [0, 0.1) is 5.92 Å². The number of nitrogens with one attached hydrogen (secondary N) is 3. The number of amides is 3. The van der Waals surface area contributed by atoms with E-state index in [4.69, 9.17) is 4.42 Å². The largest absolute Gasteiger partial charge is 0.451 e. The second-order valence-corrected chi connectivity index (χ2v) is 6.27. The maximum absolute atomic E-state index is 12.4. The Morgan fingerprint density at radius 2 is 2.08 bits per heavy atom. The maximum Gasteiger partial charge on any atom is 0.287 e. The van der Waals surface area contributed by atoms with E-state index in [1.807, 2.05) is 24.3 Å². The molecule has 3 rings (SSSR count). The Balaban J connectivity index is 1.71. The minimum atomic E-state index is -0.529. The van der Waals surface area contributed by atoms with Gasteiger partial charge in [-0.3, -0.25) is 14.4 Å². The fourth-order valence-corrected chi connectivity index (χ4v) is 2.80. The fraction of sp³-hybridized carbons (Fsp3) is 0.316. The molecule has 0 saturated heterocycles. The van der Waals surface area contributed by atoms with E-state index in [0.29, 0.717) is 18.7 Å². The van der Waals surface area contributed by atoms with E-state index < -0.39 is 11.9 Å². The normalized spacial score (nSPS) is 14.3. The Morgan fingerprint density at radius 3 is 2.77 bits per heavy atom. The van der Waals surface area contributed by atoms with Gasteiger partial charge in [-0.25, -0.2) is 0 Å². The summed E-state index contributed by atoms with van der Waals surface area (Å²) in [6, 6.07) is 10.3. The second kappa shape index (κ2) is 7.86. The summed E-state index contributed by atoms with van der Waals surface area (Å²) < 4.78 is 5.67. The second-order valence-electron chi connectivity index (χ2n) is 6.27. The van der Waals surface area contributed by atoms with Crippen molar-refractivity contribution in [1.29, 1.82) is 0 Å². The van der Waals surface area contributed by atoms with E-state index in [0.717, 1.165) is 24.0 Å². The lowest BCUT2D eigenvalue weighted by atomic mass is 10.1. The average molecular weight is 355 g/mol. The molecular weight excluding hydrogens is 334 g/mol. The molecule has 3 amide bonds. The number of rotatable bonds is 8. The number of likely N-dealkylation sites (N-methyl/N-ethyl adjacent to an activating group) is 1. The molecule has 1 saturated carbocycles. The SMILES string of the molecule is CNC(=O)[C@@H](NC(=O)c1ccc(-c2cccc(CNC=O)c2)o1)C1CC1. The van der Waals surface area contributed by atoms with E-state index in [9.17, 15) is 14.4 Å². The van der Waals surface area contributed by atoms with Crippen molar-refractivity contribution in [3.63, 3.8) is 0 Å². The Bertz CT molecular complexity index is 811. The summed E-state index contributed by atoms with van der Waals surface area (Å²) in [6.45, 7) is 0.417. The zero-order valence-corrected chi connectivity index (χ0v) is 14.5. The summed E-state index contributed by atoms with van der Waals surface area (Å²) in [7, 11) is 1.56. The van der Waals surface area contributed by atoms with Crippen LogP contribution in [0.2, 0.25) is 0 Å². The molecular formula is C19H21N3O4. The van der Waals surface area contributed by atoms with Gasteiger partial charge in [0.15, 0.2) is 5.76 Å². The van der Waals surface area contributed by atoms with Crippen molar-refractivity contribution in [3.05, 3.63) is 47.7 Å². The third kappa shape index (κ3) is 4.11. The molecule has 7 heteroatoms. The smallest absolute Gasteiger partial charge is 0.287 e. The van der Waals surface area contributed by atoms with Crippen molar-refractivity contribution >= 4 is 18.2 Å². The highest BCUT2D eigenvalue weighted by atomic mass is 16.4. The Labute approximate surface area is 151 Å². The summed E-state index contributed by atoms with van der Waals surface area (Å²) in [4.78, 5) is 34.8. The van der Waals surface area contributed by atoms with Crippen LogP contribution in [0.3, 0.4) is 0 Å². The monoisotopic (exact) mass is 355 g/mol. The molecule has 3 N–H and O–H groups in total. The van der Waals surface area contributed by atoms with Gasteiger partial charge in [0, 0.05) is 19.2 Å². The first kappa shape index (κ1) is 17.7. The molecule has 26 heavy (non-hydrogen) atoms. The average Bonchev–Trinajstić information content (AvgIpc) is 3.38. The van der Waals surface area contributed by atoms with Crippen LogP contribution in [0.4, 0.5) is 0 Å². The predicted molar refractivity (Wildman–Crippen MR) is 95.1 cm³/mol. The lowest BCUT2D eigenvalue weighted by Gasteiger charge is -2.15. The van der Waals surface area contributed by atoms with Crippen LogP contribution in [-0.2, 0) is 16.1 Å². The van der Waals surface area contributed by atoms with Crippen LogP contribution < -0.4 is 16.0 Å². The van der Waals surface area contributed by atoms with E-state index >= 15 is 0 Å². The molecule has 1 aromatic heterocycles. The quantitative estimate of drug-likeness (QED) is 0.624. The Hall–Kier alpha value is -3.09. The van der Waals surface area contributed by atoms with Gasteiger partial charge in [0.1, 0.15) is 11.8 Å². The molecule has 1 aliphatic carbocycles. The van der Waals surface area contributed by atoms with Crippen molar-refractivity contribution in [1.82, 2.24) is 16.0 Å². The molecule has 1 heterocycles. The Kier molecular flexibility index (Phi) is 5.36. The number of carbonyl (C=O) groups excluding carboxylic acids is 3. The van der Waals surface area contributed by atoms with Crippen molar-refractivity contribution < 1.29 is 18.8 Å². The van der Waals surface area contributed by atoms with Crippen LogP contribution in [-0.4, -0.2) is 31.3 Å². The van der Waals surface area contributed by atoms with Gasteiger partial charge in [-0.15, -0.1) is 0 Å². The first-order valence-corrected chi connectivity index (χ1v) is 8.51. The summed E-state index contributed by atoms with van der Waals surface area (Å²) in [5, 5.41) is 7.95. The van der Waals surface area contributed by atoms with Gasteiger partial charge in [0.05, 0.1) is 0 Å². The molecule has 1 aliphatic rings. The molecule has 0 spiro atoms. The van der Waals surface area contributed by atoms with E-state index in [1.54, 1.807) is 19.2 Å². The predicted octanol–water partition coefficient (Wildman–Crippen LogP) is 1.45. The molecule has 2 aromatic rings. The maximum atomic E-state index is 12.4. The van der Waals surface area contributed by atoms with Crippen molar-refractivity contribution in [2.45, 2.75) is 25.4 Å². The molecule has 0 aliphatic heterocycles. The first-order valence-electron chi connectivity index (χ1n) is 8.51. The topological polar surface area (TPSA) is 100 Å². The van der Waals surface area contributed by atoms with Crippen molar-refractivity contribution in [2.75, 3.05) is 7.05 Å². The number of furan rings is 1. The van der Waals surface area contributed by atoms with Gasteiger partial charge in [-0.1, -0.05) is 18.2 Å². The van der Waals surface area contributed by atoms with E-state index in [-0.39, 0.29) is 17.6 Å². The van der Waals surface area contributed by atoms with Gasteiger partial charge in [-0.2, -0.15) is 0 Å². The van der Waals surface area contributed by atoms with Crippen molar-refractivity contribution in [3.8, 4) is 11.3 Å². The van der Waals surface area contributed by atoms with Crippen LogP contribution in [0.1, 0.15) is 29.0 Å². The zero-order chi connectivity index (χ0) is 18.5. The number of benzene rings is 1. The van der Waals surface area contributed by atoms with Crippen LogP contribution in [0.5, 0.6) is 0 Å². The van der Waals surface area contributed by atoms with Crippen LogP contribution in [0.15, 0.2) is 40.8 Å². The lowest BCUT2D eigenvalue weighted by Crippen LogP contribution is -2.47. The van der Waals surface area contributed by atoms with Crippen LogP contribution >= 0.6 is 0 Å². The summed E-state index contributed by atoms with van der Waals surface area (Å²) in [6.07, 6.45) is 2.51. The minimum absolute atomic E-state index is 0.158. The first-order chi connectivity index (χ1) is 12.6. The molecule has 1 atom stereocenters. The van der Waals surface area contributed by atoms with Gasteiger partial charge >= 0.3 is 0 Å². The van der Waals surface area contributed by atoms with Gasteiger partial charge in [0.2, 0.25) is 12.3 Å². The van der Waals surface area contributed by atoms with Gasteiger partial charge in [-0.05, 0) is 42.5 Å². The molecule has 1 aromatic carbocycles. The lowest BCUT2D eigenvalue weighted by molar-refractivity contribution is -0.123. The summed E-state index contributed by atoms with van der Waals surface area (Å²) in [5.74, 6) is 0.297. The Morgan fingerprint density at radius 1 is 1.27 bits per heavy atom. The number of carbonyl (C=O) groups is 3. The third-order valence-corrected chi connectivity index (χ3v) is 4.34. The molecule has 136 valence electrons. The molecule has 0 radical (unpaired) electrons. The molecule has 7 nitrogen and oxygen atoms in total. The standard InChI is InChI=1S/C19H21N3O4/c1-20-19(25)17(13-5-6-13)22-18(24)16-8-7-15(26-16)14-4-2-3-12(9-14)10-21-11-23/h2-4,7-9,11,13,17H,5-6,10H2,1H3,(H,20,25)(H,21,23)(H,22,24)/t17-/m0/s1. The molecule has 0 bridgehead atoms. The molecule has 0 unspecified atom stereocenters. The zero-order valence-electron chi connectivity index (χ0n) is 14.5. The van der Waals surface area contributed by atoms with Gasteiger partial charge in [0.25, 0.3) is 5.91 Å². The van der Waals surface area contributed by atoms with Gasteiger partial charge < -0.3 is 20.4 Å². The van der Waals surface area contributed by atoms with E-state index in [2.05, 4.69) is 16.0 Å². The van der Waals surface area contributed by atoms with Crippen molar-refractivity contribution in [2.24, 2.45) is 5.92 Å². The summed E-state index contributed by atoms with van der Waals surface area (Å²) >= 11 is 0. The molecule has 1 fully saturated rings. The minimum Gasteiger partial charge on any atom is -0.451 e. The highest BCUT2D eigenvalue weighted by molar-refractivity contribution is 5.96. The van der Waals surface area contributed by atoms with Crippen LogP contribution in [0.25, 0.3) is 11.3 Å².